The van der Waals surface area contributed by atoms with Crippen LogP contribution in [-0.2, 0) is 4.79 Å². The highest BCUT2D eigenvalue weighted by atomic mass is 16.5. The molecule has 24 heavy (non-hydrogen) atoms. The SMILES string of the molecule is COc1ccc(OC)c(NC(=O)c2cccc3c2NC(=O)CO3)c1. The second-order valence-electron chi connectivity index (χ2n) is 5.04. The van der Waals surface area contributed by atoms with Gasteiger partial charge in [-0.2, -0.15) is 0 Å². The Bertz CT molecular complexity index is 804. The van der Waals surface area contributed by atoms with Gasteiger partial charge < -0.3 is 24.8 Å². The molecule has 0 spiro atoms. The van der Waals surface area contributed by atoms with E-state index < -0.39 is 5.91 Å². The molecule has 0 atom stereocenters. The summed E-state index contributed by atoms with van der Waals surface area (Å²) in [6.07, 6.45) is 0. The number of rotatable bonds is 4. The standard InChI is InChI=1S/C17H16N2O5/c1-22-10-6-7-13(23-2)12(8-10)18-17(21)11-4-3-5-14-16(11)19-15(20)9-24-14/h3-8H,9H2,1-2H3,(H,18,21)(H,19,20). The van der Waals surface area contributed by atoms with Gasteiger partial charge >= 0.3 is 0 Å². The van der Waals surface area contributed by atoms with Crippen LogP contribution in [0.4, 0.5) is 11.4 Å². The van der Waals surface area contributed by atoms with Crippen molar-refractivity contribution in [3.8, 4) is 17.2 Å². The van der Waals surface area contributed by atoms with Crippen LogP contribution >= 0.6 is 0 Å². The molecule has 2 N–H and O–H groups in total. The minimum atomic E-state index is -0.399. The van der Waals surface area contributed by atoms with E-state index in [-0.39, 0.29) is 12.5 Å². The summed E-state index contributed by atoms with van der Waals surface area (Å²) in [5, 5.41) is 5.43. The lowest BCUT2D eigenvalue weighted by Gasteiger charge is -2.20. The van der Waals surface area contributed by atoms with E-state index in [0.717, 1.165) is 0 Å². The van der Waals surface area contributed by atoms with Crippen LogP contribution < -0.4 is 24.8 Å². The van der Waals surface area contributed by atoms with Crippen molar-refractivity contribution in [3.05, 3.63) is 42.0 Å². The molecule has 0 aliphatic carbocycles. The van der Waals surface area contributed by atoms with E-state index in [0.29, 0.717) is 34.2 Å². The lowest BCUT2D eigenvalue weighted by atomic mass is 10.1. The van der Waals surface area contributed by atoms with Gasteiger partial charge in [-0.05, 0) is 24.3 Å². The maximum atomic E-state index is 12.6. The van der Waals surface area contributed by atoms with Crippen molar-refractivity contribution in [2.45, 2.75) is 0 Å². The number of carbonyl (C=O) groups is 2. The largest absolute Gasteiger partial charge is 0.497 e. The minimum absolute atomic E-state index is 0.0677. The molecule has 1 aliphatic rings. The maximum Gasteiger partial charge on any atom is 0.262 e. The highest BCUT2D eigenvalue weighted by molar-refractivity contribution is 6.12. The molecule has 1 heterocycles. The molecule has 2 aromatic rings. The third-order valence-corrected chi connectivity index (χ3v) is 3.55. The molecule has 0 bridgehead atoms. The Hall–Kier alpha value is -3.22. The first-order chi connectivity index (χ1) is 11.6. The summed E-state index contributed by atoms with van der Waals surface area (Å²) in [6.45, 7) is -0.0677. The normalized spacial score (nSPS) is 12.5. The molecule has 0 radical (unpaired) electrons. The smallest absolute Gasteiger partial charge is 0.262 e. The van der Waals surface area contributed by atoms with Gasteiger partial charge in [-0.25, -0.2) is 0 Å². The molecular formula is C17H16N2O5. The van der Waals surface area contributed by atoms with E-state index in [9.17, 15) is 9.59 Å². The number of amides is 2. The highest BCUT2D eigenvalue weighted by Gasteiger charge is 2.23. The number of carbonyl (C=O) groups excluding carboxylic acids is 2. The van der Waals surface area contributed by atoms with Gasteiger partial charge in [0.05, 0.1) is 31.2 Å². The van der Waals surface area contributed by atoms with Crippen molar-refractivity contribution in [1.29, 1.82) is 0 Å². The third kappa shape index (κ3) is 2.96. The molecule has 124 valence electrons. The van der Waals surface area contributed by atoms with Crippen LogP contribution in [0.1, 0.15) is 10.4 Å². The monoisotopic (exact) mass is 328 g/mol. The molecule has 7 nitrogen and oxygen atoms in total. The zero-order valence-electron chi connectivity index (χ0n) is 13.2. The van der Waals surface area contributed by atoms with Gasteiger partial charge in [0.2, 0.25) is 0 Å². The third-order valence-electron chi connectivity index (χ3n) is 3.55. The first-order valence-corrected chi connectivity index (χ1v) is 7.21. The lowest BCUT2D eigenvalue weighted by molar-refractivity contribution is -0.118. The van der Waals surface area contributed by atoms with Crippen molar-refractivity contribution >= 4 is 23.2 Å². The zero-order valence-corrected chi connectivity index (χ0v) is 13.2. The number of para-hydroxylation sites is 1. The Morgan fingerprint density at radius 2 is 2.04 bits per heavy atom. The number of anilines is 2. The Morgan fingerprint density at radius 1 is 1.21 bits per heavy atom. The summed E-state index contributed by atoms with van der Waals surface area (Å²) in [4.78, 5) is 24.2. The minimum Gasteiger partial charge on any atom is -0.497 e. The number of methoxy groups -OCH3 is 2. The van der Waals surface area contributed by atoms with Crippen molar-refractivity contribution in [2.75, 3.05) is 31.5 Å². The maximum absolute atomic E-state index is 12.6. The predicted octanol–water partition coefficient (Wildman–Crippen LogP) is 2.29. The van der Waals surface area contributed by atoms with E-state index >= 15 is 0 Å². The average Bonchev–Trinajstić information content (AvgIpc) is 2.60. The van der Waals surface area contributed by atoms with Crippen molar-refractivity contribution in [1.82, 2.24) is 0 Å². The molecule has 0 aromatic heterocycles. The second kappa shape index (κ2) is 6.49. The average molecular weight is 328 g/mol. The molecule has 0 saturated heterocycles. The van der Waals surface area contributed by atoms with Crippen LogP contribution in [0.5, 0.6) is 17.2 Å². The molecule has 0 fully saturated rings. The number of hydrogen-bond donors (Lipinski definition) is 2. The van der Waals surface area contributed by atoms with Crippen LogP contribution in [-0.4, -0.2) is 32.6 Å². The van der Waals surface area contributed by atoms with E-state index in [2.05, 4.69) is 10.6 Å². The molecule has 0 unspecified atom stereocenters. The van der Waals surface area contributed by atoms with Gasteiger partial charge in [0.25, 0.3) is 11.8 Å². The number of fused-ring (bicyclic) bond motifs is 1. The Labute approximate surface area is 138 Å². The van der Waals surface area contributed by atoms with Crippen molar-refractivity contribution in [2.24, 2.45) is 0 Å². The summed E-state index contributed by atoms with van der Waals surface area (Å²) in [6, 6.07) is 10.1. The zero-order chi connectivity index (χ0) is 17.1. The number of ether oxygens (including phenoxy) is 3. The molecule has 3 rings (SSSR count). The summed E-state index contributed by atoms with van der Waals surface area (Å²) >= 11 is 0. The Morgan fingerprint density at radius 3 is 2.79 bits per heavy atom. The van der Waals surface area contributed by atoms with Gasteiger partial charge in [-0.15, -0.1) is 0 Å². The van der Waals surface area contributed by atoms with E-state index in [1.807, 2.05) is 0 Å². The molecule has 0 saturated carbocycles. The molecule has 7 heteroatoms. The topological polar surface area (TPSA) is 85.9 Å². The lowest BCUT2D eigenvalue weighted by Crippen LogP contribution is -2.27. The van der Waals surface area contributed by atoms with Gasteiger partial charge in [-0.1, -0.05) is 6.07 Å². The van der Waals surface area contributed by atoms with Crippen molar-refractivity contribution < 1.29 is 23.8 Å². The highest BCUT2D eigenvalue weighted by Crippen LogP contribution is 2.33. The number of hydrogen-bond acceptors (Lipinski definition) is 5. The second-order valence-corrected chi connectivity index (χ2v) is 5.04. The van der Waals surface area contributed by atoms with Crippen molar-refractivity contribution in [3.63, 3.8) is 0 Å². The molecule has 2 aromatic carbocycles. The van der Waals surface area contributed by atoms with Crippen LogP contribution in [0.15, 0.2) is 36.4 Å². The van der Waals surface area contributed by atoms with Gasteiger partial charge in [0.1, 0.15) is 17.2 Å². The van der Waals surface area contributed by atoms with E-state index in [4.69, 9.17) is 14.2 Å². The summed E-state index contributed by atoms with van der Waals surface area (Å²) in [7, 11) is 3.05. The molecule has 2 amide bonds. The van der Waals surface area contributed by atoms with Gasteiger partial charge in [0, 0.05) is 6.07 Å². The predicted molar refractivity (Wildman–Crippen MR) is 88.1 cm³/mol. The van der Waals surface area contributed by atoms with Crippen LogP contribution in [0.3, 0.4) is 0 Å². The summed E-state index contributed by atoms with van der Waals surface area (Å²) < 4.78 is 15.7. The van der Waals surface area contributed by atoms with Crippen LogP contribution in [0.2, 0.25) is 0 Å². The fraction of sp³-hybridized carbons (Fsp3) is 0.176. The first kappa shape index (κ1) is 15.7. The summed E-state index contributed by atoms with van der Waals surface area (Å²) in [5.41, 5.74) is 1.11. The number of benzene rings is 2. The quantitative estimate of drug-likeness (QED) is 0.899. The van der Waals surface area contributed by atoms with E-state index in [1.54, 1.807) is 36.4 Å². The van der Waals surface area contributed by atoms with Gasteiger partial charge in [0.15, 0.2) is 6.61 Å². The summed E-state index contributed by atoms with van der Waals surface area (Å²) in [5.74, 6) is 0.831. The Balaban J connectivity index is 1.93. The van der Waals surface area contributed by atoms with Gasteiger partial charge in [-0.3, -0.25) is 9.59 Å². The fourth-order valence-corrected chi connectivity index (χ4v) is 2.39. The first-order valence-electron chi connectivity index (χ1n) is 7.21. The fourth-order valence-electron chi connectivity index (χ4n) is 2.39. The van der Waals surface area contributed by atoms with Crippen LogP contribution in [0.25, 0.3) is 0 Å². The number of nitrogens with one attached hydrogen (secondary N) is 2. The van der Waals surface area contributed by atoms with Crippen LogP contribution in [0, 0.1) is 0 Å². The molecule has 1 aliphatic heterocycles. The Kier molecular flexibility index (Phi) is 4.24. The van der Waals surface area contributed by atoms with E-state index in [1.165, 1.54) is 14.2 Å². The molecular weight excluding hydrogens is 312 g/mol.